The Morgan fingerprint density at radius 3 is 2.00 bits per heavy atom. The van der Waals surface area contributed by atoms with E-state index in [4.69, 9.17) is 0 Å². The van der Waals surface area contributed by atoms with E-state index >= 15 is 0 Å². The number of rotatable bonds is 4. The van der Waals surface area contributed by atoms with Crippen molar-refractivity contribution in [2.75, 3.05) is 7.05 Å². The molecule has 0 fully saturated rings. The molecule has 0 spiro atoms. The van der Waals surface area contributed by atoms with Gasteiger partial charge in [0.05, 0.1) is 0 Å². The molecule has 1 unspecified atom stereocenters. The molecule has 0 radical (unpaired) electrons. The summed E-state index contributed by atoms with van der Waals surface area (Å²) in [7, 11) is 1.56. The third-order valence-electron chi connectivity index (χ3n) is 2.69. The highest BCUT2D eigenvalue weighted by Crippen LogP contribution is 2.15. The standard InChI is InChI=1S/C11H21NO2/c1-6-10(13)12(5)11(14)7-9(4)8(2)3/h8-9H,6-7H2,1-5H3. The normalized spacial score (nSPS) is 12.7. The van der Waals surface area contributed by atoms with E-state index in [1.807, 2.05) is 6.92 Å². The van der Waals surface area contributed by atoms with Gasteiger partial charge < -0.3 is 0 Å². The second-order valence-electron chi connectivity index (χ2n) is 4.13. The van der Waals surface area contributed by atoms with Crippen LogP contribution in [-0.2, 0) is 9.59 Å². The summed E-state index contributed by atoms with van der Waals surface area (Å²) < 4.78 is 0. The van der Waals surface area contributed by atoms with Crippen LogP contribution in [0.5, 0.6) is 0 Å². The van der Waals surface area contributed by atoms with Gasteiger partial charge >= 0.3 is 0 Å². The maximum absolute atomic E-state index is 11.6. The van der Waals surface area contributed by atoms with Crippen LogP contribution in [0.1, 0.15) is 40.5 Å². The summed E-state index contributed by atoms with van der Waals surface area (Å²) in [6, 6.07) is 0. The number of imide groups is 1. The van der Waals surface area contributed by atoms with Crippen LogP contribution in [0, 0.1) is 11.8 Å². The fourth-order valence-electron chi connectivity index (χ4n) is 1.02. The molecule has 0 saturated carbocycles. The average molecular weight is 199 g/mol. The lowest BCUT2D eigenvalue weighted by Gasteiger charge is -2.19. The van der Waals surface area contributed by atoms with Crippen LogP contribution >= 0.6 is 0 Å². The van der Waals surface area contributed by atoms with Crippen molar-refractivity contribution in [2.45, 2.75) is 40.5 Å². The Hall–Kier alpha value is -0.860. The Morgan fingerprint density at radius 1 is 1.14 bits per heavy atom. The molecular formula is C11H21NO2. The van der Waals surface area contributed by atoms with Gasteiger partial charge in [0.25, 0.3) is 0 Å². The Kier molecular flexibility index (Phi) is 5.43. The molecule has 3 nitrogen and oxygen atoms in total. The van der Waals surface area contributed by atoms with Gasteiger partial charge in [-0.25, -0.2) is 0 Å². The maximum atomic E-state index is 11.6. The van der Waals surface area contributed by atoms with Crippen molar-refractivity contribution in [3.05, 3.63) is 0 Å². The van der Waals surface area contributed by atoms with E-state index < -0.39 is 0 Å². The molecule has 0 aromatic rings. The first kappa shape index (κ1) is 13.1. The van der Waals surface area contributed by atoms with Crippen LogP contribution in [0.25, 0.3) is 0 Å². The van der Waals surface area contributed by atoms with Crippen molar-refractivity contribution in [3.8, 4) is 0 Å². The van der Waals surface area contributed by atoms with Crippen molar-refractivity contribution in [3.63, 3.8) is 0 Å². The summed E-state index contributed by atoms with van der Waals surface area (Å²) in [6.07, 6.45) is 0.845. The Labute approximate surface area is 86.5 Å². The van der Waals surface area contributed by atoms with Crippen LogP contribution in [0.2, 0.25) is 0 Å². The molecule has 2 amide bonds. The third kappa shape index (κ3) is 3.90. The third-order valence-corrected chi connectivity index (χ3v) is 2.69. The molecule has 0 aliphatic heterocycles. The number of nitrogens with zero attached hydrogens (tertiary/aromatic N) is 1. The predicted octanol–water partition coefficient (Wildman–Crippen LogP) is 2.06. The molecule has 3 heteroatoms. The van der Waals surface area contributed by atoms with Gasteiger partial charge in [-0.1, -0.05) is 27.7 Å². The van der Waals surface area contributed by atoms with Crippen LogP contribution in [0.4, 0.5) is 0 Å². The van der Waals surface area contributed by atoms with Crippen LogP contribution in [0.15, 0.2) is 0 Å². The van der Waals surface area contributed by atoms with Crippen LogP contribution < -0.4 is 0 Å². The Bertz CT molecular complexity index is 211. The molecule has 82 valence electrons. The van der Waals surface area contributed by atoms with E-state index in [0.717, 1.165) is 0 Å². The van der Waals surface area contributed by atoms with E-state index in [9.17, 15) is 9.59 Å². The first-order chi connectivity index (χ1) is 6.40. The summed E-state index contributed by atoms with van der Waals surface area (Å²) in [4.78, 5) is 24.0. The van der Waals surface area contributed by atoms with E-state index in [1.165, 1.54) is 4.90 Å². The van der Waals surface area contributed by atoms with E-state index in [1.54, 1.807) is 14.0 Å². The molecule has 14 heavy (non-hydrogen) atoms. The quantitative estimate of drug-likeness (QED) is 0.695. The van der Waals surface area contributed by atoms with E-state index in [0.29, 0.717) is 24.7 Å². The van der Waals surface area contributed by atoms with Gasteiger partial charge in [0.1, 0.15) is 0 Å². The summed E-state index contributed by atoms with van der Waals surface area (Å²) in [5.74, 6) is 0.627. The van der Waals surface area contributed by atoms with Gasteiger partial charge in [-0.2, -0.15) is 0 Å². The summed E-state index contributed by atoms with van der Waals surface area (Å²) in [5.41, 5.74) is 0. The SMILES string of the molecule is CCC(=O)N(C)C(=O)CC(C)C(C)C. The lowest BCUT2D eigenvalue weighted by Crippen LogP contribution is -2.33. The molecule has 0 aliphatic carbocycles. The number of carbonyl (C=O) groups excluding carboxylic acids is 2. The first-order valence-electron chi connectivity index (χ1n) is 5.19. The second kappa shape index (κ2) is 5.78. The largest absolute Gasteiger partial charge is 0.286 e. The molecule has 0 heterocycles. The van der Waals surface area contributed by atoms with E-state index in [-0.39, 0.29) is 11.8 Å². The minimum absolute atomic E-state index is 0.0713. The predicted molar refractivity (Wildman–Crippen MR) is 56.7 cm³/mol. The van der Waals surface area contributed by atoms with Crippen molar-refractivity contribution in [2.24, 2.45) is 11.8 Å². The lowest BCUT2D eigenvalue weighted by molar-refractivity contribution is -0.143. The fourth-order valence-corrected chi connectivity index (χ4v) is 1.02. The Morgan fingerprint density at radius 2 is 1.64 bits per heavy atom. The van der Waals surface area contributed by atoms with E-state index in [2.05, 4.69) is 13.8 Å². The summed E-state index contributed by atoms with van der Waals surface area (Å²) in [5, 5.41) is 0. The Balaban J connectivity index is 4.14. The van der Waals surface area contributed by atoms with Gasteiger partial charge in [0.2, 0.25) is 11.8 Å². The average Bonchev–Trinajstić information content (AvgIpc) is 2.14. The van der Waals surface area contributed by atoms with Crippen LogP contribution in [-0.4, -0.2) is 23.8 Å². The van der Waals surface area contributed by atoms with Crippen molar-refractivity contribution >= 4 is 11.8 Å². The molecule has 0 rings (SSSR count). The molecular weight excluding hydrogens is 178 g/mol. The topological polar surface area (TPSA) is 37.4 Å². The van der Waals surface area contributed by atoms with Gasteiger partial charge in [-0.05, 0) is 11.8 Å². The number of carbonyl (C=O) groups is 2. The highest BCUT2D eigenvalue weighted by atomic mass is 16.2. The highest BCUT2D eigenvalue weighted by molar-refractivity contribution is 5.94. The van der Waals surface area contributed by atoms with Crippen molar-refractivity contribution in [1.82, 2.24) is 4.90 Å². The molecule has 0 N–H and O–H groups in total. The number of hydrogen-bond acceptors (Lipinski definition) is 2. The zero-order valence-electron chi connectivity index (χ0n) is 9.83. The number of amides is 2. The second-order valence-corrected chi connectivity index (χ2v) is 4.13. The minimum atomic E-state index is -0.106. The smallest absolute Gasteiger partial charge is 0.229 e. The first-order valence-corrected chi connectivity index (χ1v) is 5.19. The maximum Gasteiger partial charge on any atom is 0.229 e. The van der Waals surface area contributed by atoms with Crippen LogP contribution in [0.3, 0.4) is 0 Å². The van der Waals surface area contributed by atoms with Crippen molar-refractivity contribution < 1.29 is 9.59 Å². The summed E-state index contributed by atoms with van der Waals surface area (Å²) >= 11 is 0. The molecule has 0 aromatic heterocycles. The molecule has 1 atom stereocenters. The zero-order chi connectivity index (χ0) is 11.3. The number of hydrogen-bond donors (Lipinski definition) is 0. The molecule has 0 aliphatic rings. The fraction of sp³-hybridized carbons (Fsp3) is 0.818. The lowest BCUT2D eigenvalue weighted by atomic mass is 9.94. The zero-order valence-corrected chi connectivity index (χ0v) is 9.83. The summed E-state index contributed by atoms with van der Waals surface area (Å²) in [6.45, 7) is 7.96. The highest BCUT2D eigenvalue weighted by Gasteiger charge is 2.18. The molecule has 0 aromatic carbocycles. The molecule has 0 saturated heterocycles. The van der Waals surface area contributed by atoms with Gasteiger partial charge in [-0.3, -0.25) is 14.5 Å². The minimum Gasteiger partial charge on any atom is -0.286 e. The van der Waals surface area contributed by atoms with Gasteiger partial charge in [0, 0.05) is 19.9 Å². The monoisotopic (exact) mass is 199 g/mol. The van der Waals surface area contributed by atoms with Gasteiger partial charge in [-0.15, -0.1) is 0 Å². The van der Waals surface area contributed by atoms with Crippen molar-refractivity contribution in [1.29, 1.82) is 0 Å². The molecule has 0 bridgehead atoms. The van der Waals surface area contributed by atoms with Gasteiger partial charge in [0.15, 0.2) is 0 Å².